The summed E-state index contributed by atoms with van der Waals surface area (Å²) in [6, 6.07) is 14.0. The van der Waals surface area contributed by atoms with E-state index in [4.69, 9.17) is 17.3 Å². The highest BCUT2D eigenvalue weighted by Crippen LogP contribution is 2.39. The summed E-state index contributed by atoms with van der Waals surface area (Å²) in [6.07, 6.45) is 6.46. The molecule has 0 bridgehead atoms. The molecule has 1 amide bonds. The van der Waals surface area contributed by atoms with Crippen LogP contribution in [0.5, 0.6) is 0 Å². The third kappa shape index (κ3) is 3.64. The van der Waals surface area contributed by atoms with Crippen LogP contribution in [0, 0.1) is 0 Å². The lowest BCUT2D eigenvalue weighted by molar-refractivity contribution is 0.0918. The summed E-state index contributed by atoms with van der Waals surface area (Å²) in [7, 11) is 0. The first kappa shape index (κ1) is 18.2. The Labute approximate surface area is 164 Å². The Morgan fingerprint density at radius 1 is 1.22 bits per heavy atom. The molecule has 1 heterocycles. The standard InChI is InChI=1S/C22H24ClN3O/c23-18-3-1-2-17(13-18)22(14-24)9-6-19(7-10-22)26-21(27)16-5-4-15-8-11-25-20(15)12-16/h1-5,11-13,19H,6-10,14,24H2,(H,26,27). The normalized spacial score (nSPS) is 23.9. The van der Waals surface area contributed by atoms with Gasteiger partial charge in [0.15, 0.2) is 0 Å². The molecule has 4 nitrogen and oxygen atoms in total. The smallest absolute Gasteiger partial charge is 0.251 e. The van der Waals surface area contributed by atoms with Crippen molar-refractivity contribution in [2.24, 2.45) is 10.7 Å². The van der Waals surface area contributed by atoms with E-state index in [0.717, 1.165) is 42.8 Å². The molecule has 0 spiro atoms. The van der Waals surface area contributed by atoms with Gasteiger partial charge >= 0.3 is 0 Å². The van der Waals surface area contributed by atoms with Crippen LogP contribution in [-0.2, 0) is 11.8 Å². The van der Waals surface area contributed by atoms with Crippen LogP contribution >= 0.6 is 11.6 Å². The molecule has 1 aliphatic heterocycles. The van der Waals surface area contributed by atoms with Crippen molar-refractivity contribution in [1.29, 1.82) is 0 Å². The predicted molar refractivity (Wildman–Crippen MR) is 110 cm³/mol. The fourth-order valence-corrected chi connectivity index (χ4v) is 4.44. The summed E-state index contributed by atoms with van der Waals surface area (Å²) in [5.74, 6) is -0.0205. The Morgan fingerprint density at radius 3 is 2.78 bits per heavy atom. The van der Waals surface area contributed by atoms with Gasteiger partial charge in [-0.3, -0.25) is 9.79 Å². The van der Waals surface area contributed by atoms with Crippen molar-refractivity contribution >= 4 is 29.4 Å². The number of carbonyl (C=O) groups is 1. The Balaban J connectivity index is 1.41. The van der Waals surface area contributed by atoms with Gasteiger partial charge in [0.2, 0.25) is 0 Å². The number of rotatable bonds is 4. The van der Waals surface area contributed by atoms with Crippen LogP contribution in [0.2, 0.25) is 5.02 Å². The maximum absolute atomic E-state index is 12.7. The summed E-state index contributed by atoms with van der Waals surface area (Å²) in [4.78, 5) is 17.0. The molecule has 5 heteroatoms. The average Bonchev–Trinajstić information content (AvgIpc) is 3.16. The topological polar surface area (TPSA) is 67.5 Å². The second kappa shape index (κ2) is 7.45. The van der Waals surface area contributed by atoms with E-state index in [-0.39, 0.29) is 17.4 Å². The Hall–Kier alpha value is -2.17. The average molecular weight is 382 g/mol. The van der Waals surface area contributed by atoms with Gasteiger partial charge in [-0.25, -0.2) is 0 Å². The summed E-state index contributed by atoms with van der Waals surface area (Å²) in [5, 5.41) is 3.94. The monoisotopic (exact) mass is 381 g/mol. The first-order chi connectivity index (χ1) is 13.1. The maximum Gasteiger partial charge on any atom is 0.251 e. The van der Waals surface area contributed by atoms with E-state index in [9.17, 15) is 4.79 Å². The highest BCUT2D eigenvalue weighted by Gasteiger charge is 2.36. The van der Waals surface area contributed by atoms with E-state index < -0.39 is 0 Å². The van der Waals surface area contributed by atoms with Crippen molar-refractivity contribution < 1.29 is 4.79 Å². The number of nitrogens with two attached hydrogens (primary N) is 1. The Kier molecular flexibility index (Phi) is 5.02. The summed E-state index contributed by atoms with van der Waals surface area (Å²) < 4.78 is 0. The number of fused-ring (bicyclic) bond motifs is 1. The lowest BCUT2D eigenvalue weighted by Gasteiger charge is -2.40. The number of benzene rings is 2. The molecule has 0 saturated heterocycles. The van der Waals surface area contributed by atoms with Crippen molar-refractivity contribution in [1.82, 2.24) is 5.32 Å². The van der Waals surface area contributed by atoms with Crippen LogP contribution in [-0.4, -0.2) is 24.7 Å². The number of nitrogens with one attached hydrogen (secondary N) is 1. The second-order valence-electron chi connectivity index (χ2n) is 7.60. The third-order valence-corrected chi connectivity index (χ3v) is 6.23. The minimum atomic E-state index is -0.0472. The molecule has 3 N–H and O–H groups in total. The van der Waals surface area contributed by atoms with E-state index in [1.807, 2.05) is 42.6 Å². The van der Waals surface area contributed by atoms with Gasteiger partial charge in [0.1, 0.15) is 0 Å². The molecule has 0 radical (unpaired) electrons. The zero-order valence-corrected chi connectivity index (χ0v) is 16.0. The van der Waals surface area contributed by atoms with Gasteiger partial charge in [0.25, 0.3) is 5.91 Å². The largest absolute Gasteiger partial charge is 0.349 e. The second-order valence-corrected chi connectivity index (χ2v) is 8.04. The number of hydrogen-bond acceptors (Lipinski definition) is 3. The van der Waals surface area contributed by atoms with Crippen LogP contribution in [0.15, 0.2) is 47.5 Å². The van der Waals surface area contributed by atoms with E-state index in [2.05, 4.69) is 16.4 Å². The van der Waals surface area contributed by atoms with Gasteiger partial charge in [-0.15, -0.1) is 0 Å². The molecule has 0 unspecified atom stereocenters. The summed E-state index contributed by atoms with van der Waals surface area (Å²) >= 11 is 6.18. The van der Waals surface area contributed by atoms with Crippen LogP contribution in [0.1, 0.15) is 47.2 Å². The maximum atomic E-state index is 12.7. The molecule has 2 aliphatic rings. The number of nitrogens with zero attached hydrogens (tertiary/aromatic N) is 1. The number of hydrogen-bond donors (Lipinski definition) is 2. The lowest BCUT2D eigenvalue weighted by atomic mass is 9.68. The van der Waals surface area contributed by atoms with Crippen molar-refractivity contribution in [3.63, 3.8) is 0 Å². The number of halogens is 1. The minimum Gasteiger partial charge on any atom is -0.349 e. The van der Waals surface area contributed by atoms with Crippen molar-refractivity contribution in [2.45, 2.75) is 43.6 Å². The lowest BCUT2D eigenvalue weighted by Crippen LogP contribution is -2.45. The SMILES string of the molecule is NCC1(c2cccc(Cl)c2)CCC(NC(=O)c2ccc3c(c2)N=CC3)CC1. The first-order valence-electron chi connectivity index (χ1n) is 9.52. The number of aliphatic imine (C=N–C) groups is 1. The van der Waals surface area contributed by atoms with Crippen LogP contribution < -0.4 is 11.1 Å². The number of amides is 1. The quantitative estimate of drug-likeness (QED) is 0.834. The molecule has 27 heavy (non-hydrogen) atoms. The zero-order valence-electron chi connectivity index (χ0n) is 15.2. The molecular weight excluding hydrogens is 358 g/mol. The van der Waals surface area contributed by atoms with Crippen LogP contribution in [0.25, 0.3) is 0 Å². The first-order valence-corrected chi connectivity index (χ1v) is 9.90. The van der Waals surface area contributed by atoms with Gasteiger partial charge in [0, 0.05) is 41.2 Å². The van der Waals surface area contributed by atoms with Gasteiger partial charge in [-0.1, -0.05) is 29.8 Å². The van der Waals surface area contributed by atoms with E-state index in [1.165, 1.54) is 11.1 Å². The highest BCUT2D eigenvalue weighted by atomic mass is 35.5. The van der Waals surface area contributed by atoms with Gasteiger partial charge in [0.05, 0.1) is 5.69 Å². The summed E-state index contributed by atoms with van der Waals surface area (Å²) in [6.45, 7) is 0.594. The predicted octanol–water partition coefficient (Wildman–Crippen LogP) is 4.17. The molecule has 140 valence electrons. The van der Waals surface area contributed by atoms with Crippen LogP contribution in [0.4, 0.5) is 5.69 Å². The van der Waals surface area contributed by atoms with Crippen LogP contribution in [0.3, 0.4) is 0 Å². The van der Waals surface area contributed by atoms with Gasteiger partial charge in [-0.05, 0) is 61.1 Å². The Bertz CT molecular complexity index is 885. The van der Waals surface area contributed by atoms with Crippen molar-refractivity contribution in [3.05, 3.63) is 64.2 Å². The summed E-state index contributed by atoms with van der Waals surface area (Å²) in [5.41, 5.74) is 10.1. The number of carbonyl (C=O) groups excluding carboxylic acids is 1. The molecule has 2 aromatic carbocycles. The molecular formula is C22H24ClN3O. The van der Waals surface area contributed by atoms with Gasteiger partial charge in [-0.2, -0.15) is 0 Å². The fraction of sp³-hybridized carbons (Fsp3) is 0.364. The highest BCUT2D eigenvalue weighted by molar-refractivity contribution is 6.30. The zero-order chi connectivity index (χ0) is 18.9. The molecule has 2 aromatic rings. The van der Waals surface area contributed by atoms with E-state index in [1.54, 1.807) is 0 Å². The fourth-order valence-electron chi connectivity index (χ4n) is 4.25. The minimum absolute atomic E-state index is 0.0205. The van der Waals surface area contributed by atoms with Gasteiger partial charge < -0.3 is 11.1 Å². The molecule has 1 saturated carbocycles. The van der Waals surface area contributed by atoms with Crippen molar-refractivity contribution in [3.8, 4) is 0 Å². The Morgan fingerprint density at radius 2 is 2.04 bits per heavy atom. The molecule has 4 rings (SSSR count). The molecule has 0 atom stereocenters. The molecule has 0 aromatic heterocycles. The third-order valence-electron chi connectivity index (χ3n) is 5.99. The van der Waals surface area contributed by atoms with E-state index in [0.29, 0.717) is 12.1 Å². The van der Waals surface area contributed by atoms with Crippen molar-refractivity contribution in [2.75, 3.05) is 6.54 Å². The van der Waals surface area contributed by atoms with E-state index >= 15 is 0 Å². The molecule has 1 aliphatic carbocycles. The molecule has 1 fully saturated rings.